The van der Waals surface area contributed by atoms with E-state index in [0.29, 0.717) is 21.3 Å². The highest BCUT2D eigenvalue weighted by Crippen LogP contribution is 2.47. The van der Waals surface area contributed by atoms with E-state index in [1.807, 2.05) is 0 Å². The molecule has 2 heterocycles. The standard InChI is InChI=1S/C21H12Cl4N2O5/c1-29-21-10(17(26-32-21)15-11(22)4-2-5-12(15)23)8-9-20(19(21)28)30-18(27-31-20)16-13(24)6-3-7-14(16)25/h2-10H,1H3. The van der Waals surface area contributed by atoms with Gasteiger partial charge in [0, 0.05) is 18.7 Å². The third-order valence-corrected chi connectivity index (χ3v) is 6.60. The molecule has 0 saturated carbocycles. The Kier molecular flexibility index (Phi) is 5.15. The summed E-state index contributed by atoms with van der Waals surface area (Å²) in [5.41, 5.74) is 1.05. The minimum atomic E-state index is -1.96. The Morgan fingerprint density at radius 3 is 2.09 bits per heavy atom. The monoisotopic (exact) mass is 512 g/mol. The van der Waals surface area contributed by atoms with E-state index in [2.05, 4.69) is 10.3 Å². The summed E-state index contributed by atoms with van der Waals surface area (Å²) in [5.74, 6) is -5.40. The number of fused-ring (bicyclic) bond motifs is 1. The van der Waals surface area contributed by atoms with Crippen molar-refractivity contribution in [1.82, 2.24) is 0 Å². The summed E-state index contributed by atoms with van der Waals surface area (Å²) >= 11 is 25.2. The number of ether oxygens (including phenoxy) is 2. The molecule has 3 aliphatic rings. The molecule has 7 nitrogen and oxygen atoms in total. The molecule has 3 atom stereocenters. The highest BCUT2D eigenvalue weighted by Gasteiger charge is 2.68. The van der Waals surface area contributed by atoms with Crippen molar-refractivity contribution in [3.8, 4) is 0 Å². The third kappa shape index (κ3) is 2.96. The molecule has 0 N–H and O–H groups in total. The van der Waals surface area contributed by atoms with Crippen LogP contribution in [0.3, 0.4) is 0 Å². The number of carbonyl (C=O) groups is 1. The van der Waals surface area contributed by atoms with Gasteiger partial charge >= 0.3 is 11.6 Å². The fourth-order valence-electron chi connectivity index (χ4n) is 3.79. The van der Waals surface area contributed by atoms with Crippen molar-refractivity contribution < 1.29 is 23.9 Å². The van der Waals surface area contributed by atoms with Crippen molar-refractivity contribution >= 4 is 63.8 Å². The summed E-state index contributed by atoms with van der Waals surface area (Å²) in [6.45, 7) is 0. The van der Waals surface area contributed by atoms with Crippen molar-refractivity contribution in [1.29, 1.82) is 0 Å². The number of hydrogen-bond acceptors (Lipinski definition) is 7. The molecule has 0 aromatic heterocycles. The Labute approximate surface area is 202 Å². The van der Waals surface area contributed by atoms with Crippen LogP contribution in [0.25, 0.3) is 0 Å². The van der Waals surface area contributed by atoms with Crippen LogP contribution in [0.5, 0.6) is 0 Å². The minimum Gasteiger partial charge on any atom is -0.420 e. The Morgan fingerprint density at radius 2 is 1.50 bits per heavy atom. The molecule has 5 rings (SSSR count). The minimum absolute atomic E-state index is 0.0587. The number of oxime groups is 2. The van der Waals surface area contributed by atoms with Gasteiger partial charge in [-0.15, -0.1) is 0 Å². The Hall–Kier alpha value is -2.29. The van der Waals surface area contributed by atoms with Crippen LogP contribution in [0.2, 0.25) is 20.1 Å². The maximum absolute atomic E-state index is 13.6. The van der Waals surface area contributed by atoms with Crippen molar-refractivity contribution in [2.75, 3.05) is 7.11 Å². The number of benzene rings is 2. The van der Waals surface area contributed by atoms with Crippen LogP contribution < -0.4 is 0 Å². The lowest BCUT2D eigenvalue weighted by molar-refractivity contribution is -0.247. The summed E-state index contributed by atoms with van der Waals surface area (Å²) in [6.07, 6.45) is 3.02. The first-order valence-electron chi connectivity index (χ1n) is 9.22. The maximum atomic E-state index is 13.6. The molecule has 32 heavy (non-hydrogen) atoms. The molecule has 1 aliphatic carbocycles. The van der Waals surface area contributed by atoms with E-state index < -0.39 is 23.3 Å². The number of hydrogen-bond donors (Lipinski definition) is 0. The van der Waals surface area contributed by atoms with Gasteiger partial charge in [0.15, 0.2) is 0 Å². The summed E-state index contributed by atoms with van der Waals surface area (Å²) < 4.78 is 11.4. The zero-order valence-electron chi connectivity index (χ0n) is 16.1. The average molecular weight is 514 g/mol. The first-order valence-corrected chi connectivity index (χ1v) is 10.7. The summed E-state index contributed by atoms with van der Waals surface area (Å²) in [4.78, 5) is 24.6. The summed E-state index contributed by atoms with van der Waals surface area (Å²) in [7, 11) is 1.31. The molecule has 1 spiro atoms. The molecule has 2 aromatic carbocycles. The predicted molar refractivity (Wildman–Crippen MR) is 119 cm³/mol. The maximum Gasteiger partial charge on any atom is 0.363 e. The largest absolute Gasteiger partial charge is 0.420 e. The van der Waals surface area contributed by atoms with E-state index >= 15 is 0 Å². The summed E-state index contributed by atoms with van der Waals surface area (Å²) in [5, 5.41) is 9.24. The van der Waals surface area contributed by atoms with Gasteiger partial charge in [0.25, 0.3) is 11.7 Å². The Bertz CT molecular complexity index is 1210. The quantitative estimate of drug-likeness (QED) is 0.524. The smallest absolute Gasteiger partial charge is 0.363 e. The van der Waals surface area contributed by atoms with E-state index in [9.17, 15) is 4.79 Å². The zero-order valence-corrected chi connectivity index (χ0v) is 19.2. The fraction of sp³-hybridized carbons (Fsp3) is 0.190. The molecule has 11 heteroatoms. The van der Waals surface area contributed by atoms with E-state index in [4.69, 9.17) is 65.6 Å². The van der Waals surface area contributed by atoms with Crippen LogP contribution in [-0.2, 0) is 23.9 Å². The Balaban J connectivity index is 1.53. The van der Waals surface area contributed by atoms with Crippen molar-refractivity contribution in [2.24, 2.45) is 16.2 Å². The van der Waals surface area contributed by atoms with E-state index in [-0.39, 0.29) is 21.5 Å². The highest BCUT2D eigenvalue weighted by atomic mass is 35.5. The molecule has 3 unspecified atom stereocenters. The lowest BCUT2D eigenvalue weighted by Gasteiger charge is -2.36. The van der Waals surface area contributed by atoms with Crippen LogP contribution >= 0.6 is 46.4 Å². The molecule has 164 valence electrons. The Morgan fingerprint density at radius 1 is 0.906 bits per heavy atom. The molecule has 0 amide bonds. The molecule has 2 aromatic rings. The van der Waals surface area contributed by atoms with Crippen molar-refractivity contribution in [3.63, 3.8) is 0 Å². The second kappa shape index (κ2) is 7.64. The highest BCUT2D eigenvalue weighted by molar-refractivity contribution is 6.41. The SMILES string of the molecule is COC12ON=C(c3c(Cl)cccc3Cl)C1C=CC1(ON=C(c3c(Cl)cccc3Cl)O1)C2=O. The average Bonchev–Trinajstić information content (AvgIpc) is 3.35. The normalized spacial score (nSPS) is 28.0. The third-order valence-electron chi connectivity index (χ3n) is 5.34. The number of Topliss-reactive ketones (excluding diaryl/α,β-unsaturated/α-hetero) is 1. The van der Waals surface area contributed by atoms with Gasteiger partial charge in [0.1, 0.15) is 5.71 Å². The molecule has 2 aliphatic heterocycles. The van der Waals surface area contributed by atoms with E-state index in [1.54, 1.807) is 42.5 Å². The van der Waals surface area contributed by atoms with Gasteiger partial charge in [0.2, 0.25) is 0 Å². The number of ketones is 1. The predicted octanol–water partition coefficient (Wildman–Crippen LogP) is 5.24. The van der Waals surface area contributed by atoms with Crippen LogP contribution in [0.15, 0.2) is 58.9 Å². The first-order chi connectivity index (χ1) is 15.3. The number of rotatable bonds is 3. The van der Waals surface area contributed by atoms with Gasteiger partial charge in [-0.25, -0.2) is 0 Å². The van der Waals surface area contributed by atoms with Gasteiger partial charge in [0.05, 0.1) is 31.6 Å². The molecule has 0 saturated heterocycles. The topological polar surface area (TPSA) is 78.7 Å². The summed E-state index contributed by atoms with van der Waals surface area (Å²) in [6, 6.07) is 9.90. The number of methoxy groups -OCH3 is 1. The van der Waals surface area contributed by atoms with E-state index in [0.717, 1.165) is 0 Å². The van der Waals surface area contributed by atoms with Crippen LogP contribution in [-0.4, -0.2) is 36.1 Å². The van der Waals surface area contributed by atoms with Crippen LogP contribution in [0.1, 0.15) is 11.1 Å². The van der Waals surface area contributed by atoms with Crippen molar-refractivity contribution in [3.05, 3.63) is 79.8 Å². The lowest BCUT2D eigenvalue weighted by Crippen LogP contribution is -2.60. The zero-order chi connectivity index (χ0) is 22.7. The number of nitrogens with zero attached hydrogens (tertiary/aromatic N) is 2. The molecular formula is C21H12Cl4N2O5. The van der Waals surface area contributed by atoms with Crippen molar-refractivity contribution in [2.45, 2.75) is 11.6 Å². The van der Waals surface area contributed by atoms with E-state index in [1.165, 1.54) is 13.2 Å². The molecular weight excluding hydrogens is 502 g/mol. The molecule has 0 bridgehead atoms. The van der Waals surface area contributed by atoms with Gasteiger partial charge in [-0.1, -0.05) is 69.8 Å². The fourth-order valence-corrected chi connectivity index (χ4v) is 4.94. The van der Waals surface area contributed by atoms with Gasteiger partial charge in [-0.2, -0.15) is 0 Å². The lowest BCUT2D eigenvalue weighted by atomic mass is 9.80. The number of carbonyl (C=O) groups excluding carboxylic acids is 1. The second-order valence-corrected chi connectivity index (χ2v) is 8.68. The second-order valence-electron chi connectivity index (χ2n) is 7.06. The molecule has 0 radical (unpaired) electrons. The van der Waals surface area contributed by atoms with Crippen LogP contribution in [0, 0.1) is 5.92 Å². The molecule has 0 fully saturated rings. The first kappa shape index (κ1) is 21.6. The van der Waals surface area contributed by atoms with Gasteiger partial charge < -0.3 is 19.1 Å². The van der Waals surface area contributed by atoms with Crippen LogP contribution in [0.4, 0.5) is 0 Å². The number of halogens is 4. The van der Waals surface area contributed by atoms with Gasteiger partial charge in [-0.3, -0.25) is 4.79 Å². The van der Waals surface area contributed by atoms with Gasteiger partial charge in [-0.05, 0) is 29.4 Å².